The van der Waals surface area contributed by atoms with Crippen LogP contribution in [0, 0.1) is 0 Å². The molecule has 0 atom stereocenters. The number of ether oxygens (including phenoxy) is 2. The molecule has 0 spiro atoms. The van der Waals surface area contributed by atoms with Crippen LogP contribution in [0.25, 0.3) is 82.5 Å². The summed E-state index contributed by atoms with van der Waals surface area (Å²) in [5.41, 5.74) is 15.9. The van der Waals surface area contributed by atoms with E-state index in [-0.39, 0.29) is 17.5 Å². The standard InChI is InChI=1S/C62H48BN3O2/c1-61(2,3)37-29-31-45-50(33-37)67-52-35-41(36-53-57(52)63(45)46-32-30-38(62(4,5)6)34-51(46)68-53)66-49-28-18-15-25-44(49)56-59-54(42-23-13-16-26-47(42)64(59)39-19-9-7-10-20-39)58-55(60(56)66)43-24-14-17-27-48(43)65(58)40-21-11-8-12-22-40/h7-36H,1-6H3. The number of rotatable bonds is 3. The van der Waals surface area contributed by atoms with Gasteiger partial charge in [-0.3, -0.25) is 0 Å². The molecule has 0 saturated carbocycles. The molecule has 0 fully saturated rings. The molecule has 0 unspecified atom stereocenters. The van der Waals surface area contributed by atoms with Crippen molar-refractivity contribution in [3.63, 3.8) is 0 Å². The minimum absolute atomic E-state index is 0.0539. The molecular formula is C62H48BN3O2. The molecular weight excluding hydrogens is 830 g/mol. The lowest BCUT2D eigenvalue weighted by Gasteiger charge is -2.35. The Morgan fingerprint density at radius 3 is 1.09 bits per heavy atom. The Morgan fingerprint density at radius 1 is 0.353 bits per heavy atom. The average Bonchev–Trinajstić information content (AvgIpc) is 3.99. The molecule has 6 heteroatoms. The summed E-state index contributed by atoms with van der Waals surface area (Å²) in [5.74, 6) is 3.44. The molecule has 0 radical (unpaired) electrons. The number of hydrogen-bond acceptors (Lipinski definition) is 2. The van der Waals surface area contributed by atoms with Gasteiger partial charge in [0, 0.05) is 61.3 Å². The van der Waals surface area contributed by atoms with Crippen LogP contribution >= 0.6 is 0 Å². The van der Waals surface area contributed by atoms with Gasteiger partial charge in [-0.25, -0.2) is 0 Å². The first kappa shape index (κ1) is 39.2. The van der Waals surface area contributed by atoms with Gasteiger partial charge in [-0.2, -0.15) is 0 Å². The third-order valence-corrected chi connectivity index (χ3v) is 14.8. The maximum atomic E-state index is 7.22. The fourth-order valence-corrected chi connectivity index (χ4v) is 11.6. The third kappa shape index (κ3) is 5.40. The van der Waals surface area contributed by atoms with Crippen LogP contribution in [0.3, 0.4) is 0 Å². The van der Waals surface area contributed by atoms with Crippen LogP contribution in [0.2, 0.25) is 0 Å². The van der Waals surface area contributed by atoms with Gasteiger partial charge in [-0.05, 0) is 87.5 Å². The highest BCUT2D eigenvalue weighted by Crippen LogP contribution is 2.51. The van der Waals surface area contributed by atoms with Crippen molar-refractivity contribution in [2.75, 3.05) is 0 Å². The molecule has 326 valence electrons. The van der Waals surface area contributed by atoms with E-state index in [9.17, 15) is 0 Å². The van der Waals surface area contributed by atoms with E-state index in [1.165, 1.54) is 54.5 Å². The zero-order valence-corrected chi connectivity index (χ0v) is 39.1. The molecule has 2 aliphatic rings. The number of hydrogen-bond donors (Lipinski definition) is 0. The monoisotopic (exact) mass is 877 g/mol. The first-order valence-corrected chi connectivity index (χ1v) is 23.9. The van der Waals surface area contributed by atoms with E-state index in [4.69, 9.17) is 9.47 Å². The fourth-order valence-electron chi connectivity index (χ4n) is 11.6. The normalized spacial score (nSPS) is 13.4. The van der Waals surface area contributed by atoms with Crippen molar-refractivity contribution in [1.29, 1.82) is 0 Å². The molecule has 3 aromatic heterocycles. The number of benzene rings is 9. The molecule has 5 heterocycles. The van der Waals surface area contributed by atoms with Gasteiger partial charge >= 0.3 is 0 Å². The molecule has 68 heavy (non-hydrogen) atoms. The van der Waals surface area contributed by atoms with E-state index in [0.29, 0.717) is 0 Å². The van der Waals surface area contributed by atoms with Gasteiger partial charge in [0.1, 0.15) is 23.0 Å². The van der Waals surface area contributed by atoms with Gasteiger partial charge in [0.05, 0.1) is 38.8 Å². The molecule has 0 N–H and O–H groups in total. The number of fused-ring (bicyclic) bond motifs is 16. The summed E-state index contributed by atoms with van der Waals surface area (Å²) in [7, 11) is 0. The Balaban J connectivity index is 1.17. The molecule has 0 aliphatic carbocycles. The van der Waals surface area contributed by atoms with E-state index in [0.717, 1.165) is 78.5 Å². The summed E-state index contributed by atoms with van der Waals surface area (Å²) in [6.45, 7) is 13.6. The van der Waals surface area contributed by atoms with Gasteiger partial charge in [0.25, 0.3) is 6.71 Å². The minimum atomic E-state index is -0.0560. The molecule has 9 aromatic carbocycles. The second-order valence-electron chi connectivity index (χ2n) is 20.9. The van der Waals surface area contributed by atoms with E-state index in [2.05, 4.69) is 237 Å². The second-order valence-corrected chi connectivity index (χ2v) is 20.9. The molecule has 0 saturated heterocycles. The summed E-state index contributed by atoms with van der Waals surface area (Å²) in [6.07, 6.45) is 0. The van der Waals surface area contributed by atoms with Crippen LogP contribution in [0.1, 0.15) is 52.7 Å². The van der Waals surface area contributed by atoms with E-state index >= 15 is 0 Å². The smallest absolute Gasteiger partial charge is 0.260 e. The molecule has 12 aromatic rings. The van der Waals surface area contributed by atoms with Gasteiger partial charge < -0.3 is 23.2 Å². The maximum absolute atomic E-state index is 7.22. The van der Waals surface area contributed by atoms with Crippen LogP contribution in [0.4, 0.5) is 0 Å². The zero-order valence-electron chi connectivity index (χ0n) is 39.1. The van der Waals surface area contributed by atoms with Crippen LogP contribution < -0.4 is 25.9 Å². The first-order chi connectivity index (χ1) is 33.0. The molecule has 14 rings (SSSR count). The predicted octanol–water partition coefficient (Wildman–Crippen LogP) is 14.3. The van der Waals surface area contributed by atoms with Crippen LogP contribution in [0.15, 0.2) is 182 Å². The second kappa shape index (κ2) is 13.8. The van der Waals surface area contributed by atoms with E-state index in [1.54, 1.807) is 0 Å². The Labute approximate surface area is 395 Å². The minimum Gasteiger partial charge on any atom is -0.458 e. The number of aromatic nitrogens is 3. The lowest BCUT2D eigenvalue weighted by atomic mass is 9.34. The van der Waals surface area contributed by atoms with E-state index < -0.39 is 0 Å². The molecule has 5 nitrogen and oxygen atoms in total. The van der Waals surface area contributed by atoms with Crippen LogP contribution in [0.5, 0.6) is 23.0 Å². The SMILES string of the molecule is CC(C)(C)c1ccc2c(c1)Oc1cc(-n3c4ccccc4c4c5c(c6ccccc6n5-c5ccccc5)c5c(c6ccccc6n5-c5ccccc5)c43)cc3c1B2c1ccc(C(C)(C)C)cc1O3. The maximum Gasteiger partial charge on any atom is 0.260 e. The topological polar surface area (TPSA) is 33.2 Å². The first-order valence-electron chi connectivity index (χ1n) is 23.9. The lowest BCUT2D eigenvalue weighted by Crippen LogP contribution is -2.57. The Bertz CT molecular complexity index is 3950. The van der Waals surface area contributed by atoms with Crippen molar-refractivity contribution in [3.8, 4) is 40.1 Å². The van der Waals surface area contributed by atoms with Crippen molar-refractivity contribution in [3.05, 3.63) is 193 Å². The Kier molecular flexibility index (Phi) is 7.96. The van der Waals surface area contributed by atoms with Crippen molar-refractivity contribution in [2.24, 2.45) is 0 Å². The lowest BCUT2D eigenvalue weighted by molar-refractivity contribution is 0.461. The summed E-state index contributed by atoms with van der Waals surface area (Å²) in [4.78, 5) is 0. The van der Waals surface area contributed by atoms with Gasteiger partial charge in [0.2, 0.25) is 0 Å². The van der Waals surface area contributed by atoms with Gasteiger partial charge in [-0.15, -0.1) is 0 Å². The van der Waals surface area contributed by atoms with Crippen molar-refractivity contribution in [1.82, 2.24) is 13.7 Å². The Morgan fingerprint density at radius 2 is 0.706 bits per heavy atom. The number of nitrogens with zero attached hydrogens (tertiary/aromatic N) is 3. The van der Waals surface area contributed by atoms with Crippen LogP contribution in [-0.2, 0) is 10.8 Å². The highest BCUT2D eigenvalue weighted by molar-refractivity contribution is 6.98. The highest BCUT2D eigenvalue weighted by Gasteiger charge is 2.42. The van der Waals surface area contributed by atoms with Crippen LogP contribution in [-0.4, -0.2) is 20.4 Å². The fraction of sp³-hybridized carbons (Fsp3) is 0.129. The summed E-state index contributed by atoms with van der Waals surface area (Å²) in [6, 6.07) is 66.8. The quantitative estimate of drug-likeness (QED) is 0.166. The average molecular weight is 878 g/mol. The summed E-state index contributed by atoms with van der Waals surface area (Å²) < 4.78 is 21.9. The van der Waals surface area contributed by atoms with Crippen molar-refractivity contribution in [2.45, 2.75) is 52.4 Å². The summed E-state index contributed by atoms with van der Waals surface area (Å²) in [5, 5.41) is 7.21. The van der Waals surface area contributed by atoms with Gasteiger partial charge in [-0.1, -0.05) is 157 Å². The molecule has 0 amide bonds. The third-order valence-electron chi connectivity index (χ3n) is 14.8. The number of para-hydroxylation sites is 5. The van der Waals surface area contributed by atoms with E-state index in [1.807, 2.05) is 0 Å². The largest absolute Gasteiger partial charge is 0.458 e. The zero-order chi connectivity index (χ0) is 45.8. The van der Waals surface area contributed by atoms with Crippen molar-refractivity contribution >= 4 is 88.5 Å². The predicted molar refractivity (Wildman–Crippen MR) is 285 cm³/mol. The summed E-state index contributed by atoms with van der Waals surface area (Å²) >= 11 is 0. The molecule has 2 aliphatic heterocycles. The van der Waals surface area contributed by atoms with Gasteiger partial charge in [0.15, 0.2) is 0 Å². The Hall–Kier alpha value is -7.96. The van der Waals surface area contributed by atoms with Crippen molar-refractivity contribution < 1.29 is 9.47 Å². The molecule has 0 bridgehead atoms. The highest BCUT2D eigenvalue weighted by atomic mass is 16.5.